The summed E-state index contributed by atoms with van der Waals surface area (Å²) in [5.74, 6) is -1.43. The summed E-state index contributed by atoms with van der Waals surface area (Å²) in [5, 5.41) is 14.9. The van der Waals surface area contributed by atoms with Gasteiger partial charge in [0.25, 0.3) is 0 Å². The quantitative estimate of drug-likeness (QED) is 0.270. The molecule has 3 amide bonds. The number of aliphatic hydroxyl groups is 1. The lowest BCUT2D eigenvalue weighted by atomic mass is 9.70. The molecular formula is C32H41ClN4O4. The van der Waals surface area contributed by atoms with Crippen molar-refractivity contribution in [2.75, 3.05) is 13.1 Å². The molecule has 2 aromatic rings. The van der Waals surface area contributed by atoms with Gasteiger partial charge in [0.15, 0.2) is 0 Å². The predicted octanol–water partition coefficient (Wildman–Crippen LogP) is 3.65. The van der Waals surface area contributed by atoms with Crippen LogP contribution in [-0.4, -0.2) is 53.0 Å². The first-order valence-electron chi connectivity index (χ1n) is 14.1. The molecule has 6 N–H and O–H groups in total. The molecule has 0 saturated heterocycles. The van der Waals surface area contributed by atoms with Gasteiger partial charge < -0.3 is 26.8 Å². The Hall–Kier alpha value is -3.46. The largest absolute Gasteiger partial charge is 0.391 e. The first kappa shape index (κ1) is 32.1. The number of rotatable bonds is 14. The Labute approximate surface area is 247 Å². The third kappa shape index (κ3) is 8.76. The number of benzene rings is 2. The molecule has 0 spiro atoms. The number of hydrogen-bond acceptors (Lipinski definition) is 5. The van der Waals surface area contributed by atoms with E-state index in [1.807, 2.05) is 56.3 Å². The molecule has 0 radical (unpaired) electrons. The van der Waals surface area contributed by atoms with Crippen molar-refractivity contribution < 1.29 is 19.5 Å². The highest BCUT2D eigenvalue weighted by Gasteiger charge is 2.44. The summed E-state index contributed by atoms with van der Waals surface area (Å²) in [6, 6.07) is 15.8. The molecule has 9 heteroatoms. The summed E-state index contributed by atoms with van der Waals surface area (Å²) in [6.45, 7) is 5.29. The Balaban J connectivity index is 1.96. The van der Waals surface area contributed by atoms with Crippen LogP contribution in [0.15, 0.2) is 77.9 Å². The van der Waals surface area contributed by atoms with E-state index in [9.17, 15) is 19.5 Å². The average Bonchev–Trinajstić information content (AvgIpc) is 2.96. The molecule has 2 aromatic carbocycles. The molecule has 1 aliphatic rings. The van der Waals surface area contributed by atoms with Crippen molar-refractivity contribution in [2.24, 2.45) is 16.9 Å². The van der Waals surface area contributed by atoms with Crippen LogP contribution in [-0.2, 0) is 27.3 Å². The molecule has 3 atom stereocenters. The van der Waals surface area contributed by atoms with Crippen LogP contribution in [0.5, 0.6) is 0 Å². The fraction of sp³-hybridized carbons (Fsp3) is 0.406. The first-order valence-corrected chi connectivity index (χ1v) is 14.5. The van der Waals surface area contributed by atoms with Crippen LogP contribution >= 0.6 is 11.6 Å². The van der Waals surface area contributed by atoms with Crippen molar-refractivity contribution in [1.82, 2.24) is 10.2 Å². The number of carbonyl (C=O) groups is 3. The molecule has 1 aliphatic carbocycles. The van der Waals surface area contributed by atoms with E-state index in [1.54, 1.807) is 17.0 Å². The standard InChI is InChI=1S/C32H41ClN4O4/c1-3-14-37(15-4-2)30(40)25-17-24(29(35)39)18-32(19-25,31(41)36-21-23-8-6-5-7-9-23)20-28(38)27(34)16-22-10-12-26(33)13-11-22/h5-13,17-18,27-28,38H,3-4,14-16,19-21,34H2,1-2H3,(H2,35,39)(H,36,41)/t27-,28+,32?/m0/s1. The lowest BCUT2D eigenvalue weighted by Crippen LogP contribution is -2.48. The number of amides is 3. The Morgan fingerprint density at radius 3 is 2.24 bits per heavy atom. The van der Waals surface area contributed by atoms with Gasteiger partial charge in [-0.1, -0.05) is 74.0 Å². The monoisotopic (exact) mass is 580 g/mol. The molecule has 0 saturated carbocycles. The number of primary amides is 1. The zero-order valence-electron chi connectivity index (χ0n) is 23.8. The van der Waals surface area contributed by atoms with Crippen molar-refractivity contribution in [2.45, 2.75) is 64.6 Å². The second-order valence-electron chi connectivity index (χ2n) is 10.7. The van der Waals surface area contributed by atoms with Crippen LogP contribution in [0.1, 0.15) is 50.7 Å². The maximum absolute atomic E-state index is 14.0. The van der Waals surface area contributed by atoms with Crippen molar-refractivity contribution in [3.8, 4) is 0 Å². The molecule has 0 bridgehead atoms. The third-order valence-corrected chi connectivity index (χ3v) is 7.55. The molecule has 220 valence electrons. The number of aliphatic hydroxyl groups excluding tert-OH is 1. The third-order valence-electron chi connectivity index (χ3n) is 7.30. The van der Waals surface area contributed by atoms with Crippen molar-refractivity contribution in [3.63, 3.8) is 0 Å². The van der Waals surface area contributed by atoms with Gasteiger partial charge in [0.05, 0.1) is 11.5 Å². The van der Waals surface area contributed by atoms with E-state index in [-0.39, 0.29) is 30.9 Å². The molecule has 0 aromatic heterocycles. The van der Waals surface area contributed by atoms with Crippen LogP contribution in [0.25, 0.3) is 0 Å². The van der Waals surface area contributed by atoms with Crippen LogP contribution in [0.2, 0.25) is 5.02 Å². The molecule has 1 unspecified atom stereocenters. The fourth-order valence-corrected chi connectivity index (χ4v) is 5.31. The maximum atomic E-state index is 14.0. The van der Waals surface area contributed by atoms with E-state index >= 15 is 0 Å². The van der Waals surface area contributed by atoms with Gasteiger partial charge in [-0.3, -0.25) is 14.4 Å². The first-order chi connectivity index (χ1) is 19.6. The molecule has 41 heavy (non-hydrogen) atoms. The summed E-state index contributed by atoms with van der Waals surface area (Å²) in [4.78, 5) is 41.9. The number of nitrogens with two attached hydrogens (primary N) is 2. The summed E-state index contributed by atoms with van der Waals surface area (Å²) >= 11 is 6.00. The molecule has 0 heterocycles. The highest BCUT2D eigenvalue weighted by molar-refractivity contribution is 6.30. The number of carbonyl (C=O) groups excluding carboxylic acids is 3. The molecule has 0 fully saturated rings. The average molecular weight is 581 g/mol. The zero-order chi connectivity index (χ0) is 30.0. The van der Waals surface area contributed by atoms with E-state index in [0.717, 1.165) is 24.0 Å². The Morgan fingerprint density at radius 2 is 1.66 bits per heavy atom. The van der Waals surface area contributed by atoms with E-state index in [4.69, 9.17) is 23.1 Å². The van der Waals surface area contributed by atoms with Crippen LogP contribution in [0, 0.1) is 5.41 Å². The van der Waals surface area contributed by atoms with E-state index < -0.39 is 29.4 Å². The van der Waals surface area contributed by atoms with Gasteiger partial charge in [-0.05, 0) is 61.4 Å². The second kappa shape index (κ2) is 15.0. The van der Waals surface area contributed by atoms with Gasteiger partial charge in [-0.2, -0.15) is 0 Å². The fourth-order valence-electron chi connectivity index (χ4n) is 5.18. The van der Waals surface area contributed by atoms with Crippen molar-refractivity contribution >= 4 is 29.3 Å². The lowest BCUT2D eigenvalue weighted by molar-refractivity contribution is -0.131. The van der Waals surface area contributed by atoms with E-state index in [2.05, 4.69) is 5.32 Å². The van der Waals surface area contributed by atoms with E-state index in [0.29, 0.717) is 30.1 Å². The summed E-state index contributed by atoms with van der Waals surface area (Å²) in [7, 11) is 0. The van der Waals surface area contributed by atoms with E-state index in [1.165, 1.54) is 12.2 Å². The van der Waals surface area contributed by atoms with Gasteiger partial charge in [0, 0.05) is 41.8 Å². The molecular weight excluding hydrogens is 540 g/mol. The summed E-state index contributed by atoms with van der Waals surface area (Å²) < 4.78 is 0. The van der Waals surface area contributed by atoms with Crippen LogP contribution < -0.4 is 16.8 Å². The Morgan fingerprint density at radius 1 is 1.02 bits per heavy atom. The van der Waals surface area contributed by atoms with Crippen molar-refractivity contribution in [1.29, 1.82) is 0 Å². The van der Waals surface area contributed by atoms with Gasteiger partial charge in [0.1, 0.15) is 0 Å². The summed E-state index contributed by atoms with van der Waals surface area (Å²) in [6.07, 6.45) is 3.60. The molecule has 8 nitrogen and oxygen atoms in total. The molecule has 0 aliphatic heterocycles. The van der Waals surface area contributed by atoms with Gasteiger partial charge in [-0.15, -0.1) is 0 Å². The zero-order valence-corrected chi connectivity index (χ0v) is 24.6. The Kier molecular flexibility index (Phi) is 11.7. The number of hydrogen-bond donors (Lipinski definition) is 4. The lowest BCUT2D eigenvalue weighted by Gasteiger charge is -2.37. The number of nitrogens with one attached hydrogen (secondary N) is 1. The number of nitrogens with zero attached hydrogens (tertiary/aromatic N) is 1. The Bertz CT molecular complexity index is 1260. The van der Waals surface area contributed by atoms with Crippen LogP contribution in [0.3, 0.4) is 0 Å². The maximum Gasteiger partial charge on any atom is 0.249 e. The minimum Gasteiger partial charge on any atom is -0.391 e. The van der Waals surface area contributed by atoms with Crippen LogP contribution in [0.4, 0.5) is 0 Å². The van der Waals surface area contributed by atoms with Crippen molar-refractivity contribution in [3.05, 3.63) is 94.0 Å². The number of halogens is 1. The predicted molar refractivity (Wildman–Crippen MR) is 162 cm³/mol. The minimum absolute atomic E-state index is 0.00209. The smallest absolute Gasteiger partial charge is 0.249 e. The second-order valence-corrected chi connectivity index (χ2v) is 11.1. The summed E-state index contributed by atoms with van der Waals surface area (Å²) in [5.41, 5.74) is 12.8. The highest BCUT2D eigenvalue weighted by Crippen LogP contribution is 2.40. The van der Waals surface area contributed by atoms with Gasteiger partial charge in [-0.25, -0.2) is 0 Å². The highest BCUT2D eigenvalue weighted by atomic mass is 35.5. The normalized spacial score (nSPS) is 18.1. The van der Waals surface area contributed by atoms with Gasteiger partial charge >= 0.3 is 0 Å². The molecule has 3 rings (SSSR count). The SMILES string of the molecule is CCCN(CCC)C(=O)C1=CC(C(N)=O)=CC(C[C@@H](O)[C@@H](N)Cc2ccc(Cl)cc2)(C(=O)NCc2ccccc2)C1. The minimum atomic E-state index is -1.43. The van der Waals surface area contributed by atoms with Gasteiger partial charge in [0.2, 0.25) is 17.7 Å². The topological polar surface area (TPSA) is 139 Å².